The van der Waals surface area contributed by atoms with E-state index < -0.39 is 9.84 Å². The Bertz CT molecular complexity index is 485. The van der Waals surface area contributed by atoms with Crippen molar-refractivity contribution >= 4 is 25.8 Å². The Morgan fingerprint density at radius 1 is 1.41 bits per heavy atom. The number of benzene rings is 1. The fourth-order valence-electron chi connectivity index (χ4n) is 1.77. The van der Waals surface area contributed by atoms with Crippen molar-refractivity contribution in [3.63, 3.8) is 0 Å². The summed E-state index contributed by atoms with van der Waals surface area (Å²) in [6, 6.07) is 6.13. The van der Waals surface area contributed by atoms with Gasteiger partial charge < -0.3 is 5.32 Å². The molecule has 0 saturated carbocycles. The quantitative estimate of drug-likeness (QED) is 0.906. The molecule has 0 aromatic heterocycles. The number of sulfone groups is 1. The standard InChI is InChI=1S/C12H18BrNO2S/c1-9-4-5-10(13)8-11(9)12(14-2)6-7-17(3,15)16/h4-5,8,12,14H,6-7H2,1-3H3. The SMILES string of the molecule is CNC(CCS(C)(=O)=O)c1cc(Br)ccc1C. The predicted molar refractivity (Wildman–Crippen MR) is 75.0 cm³/mol. The largest absolute Gasteiger partial charge is 0.313 e. The summed E-state index contributed by atoms with van der Waals surface area (Å²) in [5, 5.41) is 3.17. The third kappa shape index (κ3) is 4.77. The van der Waals surface area contributed by atoms with Crippen LogP contribution in [0.25, 0.3) is 0 Å². The molecular formula is C12H18BrNO2S. The Kier molecular flexibility index (Phi) is 5.16. The number of halogens is 1. The van der Waals surface area contributed by atoms with Gasteiger partial charge in [0.05, 0.1) is 5.75 Å². The summed E-state index contributed by atoms with van der Waals surface area (Å²) < 4.78 is 23.4. The van der Waals surface area contributed by atoms with Gasteiger partial charge in [0.15, 0.2) is 0 Å². The van der Waals surface area contributed by atoms with E-state index in [1.165, 1.54) is 11.8 Å². The molecule has 1 unspecified atom stereocenters. The van der Waals surface area contributed by atoms with Crippen molar-refractivity contribution in [3.05, 3.63) is 33.8 Å². The number of rotatable bonds is 5. The first-order valence-electron chi connectivity index (χ1n) is 5.44. The molecule has 0 radical (unpaired) electrons. The molecule has 96 valence electrons. The first kappa shape index (κ1) is 14.7. The third-order valence-electron chi connectivity index (χ3n) is 2.74. The summed E-state index contributed by atoms with van der Waals surface area (Å²) in [6.07, 6.45) is 1.86. The number of hydrogen-bond donors (Lipinski definition) is 1. The van der Waals surface area contributed by atoms with E-state index in [-0.39, 0.29) is 11.8 Å². The van der Waals surface area contributed by atoms with Crippen LogP contribution >= 0.6 is 15.9 Å². The van der Waals surface area contributed by atoms with Gasteiger partial charge in [-0.15, -0.1) is 0 Å². The van der Waals surface area contributed by atoms with Crippen LogP contribution in [-0.2, 0) is 9.84 Å². The van der Waals surface area contributed by atoms with Gasteiger partial charge in [-0.05, 0) is 43.7 Å². The molecule has 0 fully saturated rings. The Morgan fingerprint density at radius 2 is 2.06 bits per heavy atom. The third-order valence-corrected chi connectivity index (χ3v) is 4.21. The fourth-order valence-corrected chi connectivity index (χ4v) is 2.82. The van der Waals surface area contributed by atoms with Crippen LogP contribution in [-0.4, -0.2) is 27.5 Å². The highest BCUT2D eigenvalue weighted by Gasteiger charge is 2.14. The molecule has 1 N–H and O–H groups in total. The zero-order valence-electron chi connectivity index (χ0n) is 10.3. The van der Waals surface area contributed by atoms with Gasteiger partial charge in [-0.3, -0.25) is 0 Å². The molecular weight excluding hydrogens is 302 g/mol. The topological polar surface area (TPSA) is 46.2 Å². The van der Waals surface area contributed by atoms with Crippen LogP contribution in [0.15, 0.2) is 22.7 Å². The van der Waals surface area contributed by atoms with Crippen LogP contribution in [0.2, 0.25) is 0 Å². The summed E-state index contributed by atoms with van der Waals surface area (Å²) in [7, 11) is -1.06. The van der Waals surface area contributed by atoms with E-state index in [9.17, 15) is 8.42 Å². The lowest BCUT2D eigenvalue weighted by molar-refractivity contribution is 0.557. The van der Waals surface area contributed by atoms with Crippen molar-refractivity contribution in [2.45, 2.75) is 19.4 Å². The average molecular weight is 320 g/mol. The normalized spacial score (nSPS) is 13.6. The van der Waals surface area contributed by atoms with Crippen LogP contribution in [0.3, 0.4) is 0 Å². The highest BCUT2D eigenvalue weighted by atomic mass is 79.9. The van der Waals surface area contributed by atoms with Gasteiger partial charge in [0.2, 0.25) is 0 Å². The van der Waals surface area contributed by atoms with E-state index in [4.69, 9.17) is 0 Å². The van der Waals surface area contributed by atoms with Gasteiger partial charge in [-0.1, -0.05) is 22.0 Å². The summed E-state index contributed by atoms with van der Waals surface area (Å²) in [6.45, 7) is 2.03. The van der Waals surface area contributed by atoms with Crippen molar-refractivity contribution in [2.75, 3.05) is 19.1 Å². The highest BCUT2D eigenvalue weighted by Crippen LogP contribution is 2.24. The molecule has 3 nitrogen and oxygen atoms in total. The van der Waals surface area contributed by atoms with E-state index in [2.05, 4.69) is 21.2 Å². The molecule has 0 spiro atoms. The monoisotopic (exact) mass is 319 g/mol. The minimum atomic E-state index is -2.91. The lowest BCUT2D eigenvalue weighted by Crippen LogP contribution is -2.20. The van der Waals surface area contributed by atoms with Crippen molar-refractivity contribution in [1.82, 2.24) is 5.32 Å². The minimum Gasteiger partial charge on any atom is -0.313 e. The predicted octanol–water partition coefficient (Wildman–Crippen LogP) is 2.45. The van der Waals surface area contributed by atoms with Crippen LogP contribution in [0, 0.1) is 6.92 Å². The van der Waals surface area contributed by atoms with E-state index in [1.807, 2.05) is 32.2 Å². The molecule has 1 atom stereocenters. The second kappa shape index (κ2) is 5.98. The second-order valence-corrected chi connectivity index (χ2v) is 7.44. The maximum absolute atomic E-state index is 11.2. The van der Waals surface area contributed by atoms with Gasteiger partial charge in [-0.25, -0.2) is 8.42 Å². The molecule has 1 aromatic rings. The van der Waals surface area contributed by atoms with E-state index >= 15 is 0 Å². The Hall–Kier alpha value is -0.390. The molecule has 1 rings (SSSR count). The molecule has 5 heteroatoms. The molecule has 1 aromatic carbocycles. The number of nitrogens with one attached hydrogen (secondary N) is 1. The highest BCUT2D eigenvalue weighted by molar-refractivity contribution is 9.10. The van der Waals surface area contributed by atoms with Crippen molar-refractivity contribution in [1.29, 1.82) is 0 Å². The minimum absolute atomic E-state index is 0.0715. The molecule has 0 bridgehead atoms. The van der Waals surface area contributed by atoms with E-state index in [0.717, 1.165) is 10.0 Å². The second-order valence-electron chi connectivity index (χ2n) is 4.26. The van der Waals surface area contributed by atoms with E-state index in [1.54, 1.807) is 0 Å². The van der Waals surface area contributed by atoms with Gasteiger partial charge in [0.25, 0.3) is 0 Å². The van der Waals surface area contributed by atoms with Crippen LogP contribution in [0.4, 0.5) is 0 Å². The lowest BCUT2D eigenvalue weighted by Gasteiger charge is -2.18. The lowest BCUT2D eigenvalue weighted by atomic mass is 10.00. The van der Waals surface area contributed by atoms with Crippen LogP contribution < -0.4 is 5.32 Å². The first-order valence-corrected chi connectivity index (χ1v) is 8.30. The maximum Gasteiger partial charge on any atom is 0.147 e. The van der Waals surface area contributed by atoms with Crippen LogP contribution in [0.1, 0.15) is 23.6 Å². The molecule has 0 amide bonds. The van der Waals surface area contributed by atoms with Crippen molar-refractivity contribution < 1.29 is 8.42 Å². The molecule has 17 heavy (non-hydrogen) atoms. The smallest absolute Gasteiger partial charge is 0.147 e. The Balaban J connectivity index is 2.90. The Morgan fingerprint density at radius 3 is 2.59 bits per heavy atom. The molecule has 0 saturated heterocycles. The van der Waals surface area contributed by atoms with E-state index in [0.29, 0.717) is 6.42 Å². The molecule has 0 aliphatic rings. The van der Waals surface area contributed by atoms with Gasteiger partial charge in [-0.2, -0.15) is 0 Å². The van der Waals surface area contributed by atoms with Gasteiger partial charge in [0, 0.05) is 16.8 Å². The first-order chi connectivity index (χ1) is 7.83. The van der Waals surface area contributed by atoms with Crippen molar-refractivity contribution in [2.24, 2.45) is 0 Å². The molecule has 0 aliphatic carbocycles. The molecule has 0 heterocycles. The van der Waals surface area contributed by atoms with Crippen LogP contribution in [0.5, 0.6) is 0 Å². The summed E-state index contributed by atoms with van der Waals surface area (Å²) in [5.74, 6) is 0.199. The number of aryl methyl sites for hydroxylation is 1. The Labute approximate surface area is 112 Å². The van der Waals surface area contributed by atoms with Gasteiger partial charge >= 0.3 is 0 Å². The summed E-state index contributed by atoms with van der Waals surface area (Å²) in [4.78, 5) is 0. The zero-order valence-corrected chi connectivity index (χ0v) is 12.7. The van der Waals surface area contributed by atoms with Gasteiger partial charge in [0.1, 0.15) is 9.84 Å². The summed E-state index contributed by atoms with van der Waals surface area (Å²) >= 11 is 3.44. The maximum atomic E-state index is 11.2. The van der Waals surface area contributed by atoms with Crippen molar-refractivity contribution in [3.8, 4) is 0 Å². The molecule has 0 aliphatic heterocycles. The summed E-state index contributed by atoms with van der Waals surface area (Å²) in [5.41, 5.74) is 2.31. The number of hydrogen-bond acceptors (Lipinski definition) is 3. The zero-order chi connectivity index (χ0) is 13.1. The fraction of sp³-hybridized carbons (Fsp3) is 0.500. The average Bonchev–Trinajstić information content (AvgIpc) is 2.22.